The van der Waals surface area contributed by atoms with Gasteiger partial charge in [0.15, 0.2) is 0 Å². The third-order valence-electron chi connectivity index (χ3n) is 4.69. The molecule has 0 radical (unpaired) electrons. The van der Waals surface area contributed by atoms with Crippen molar-refractivity contribution in [2.75, 3.05) is 11.8 Å². The van der Waals surface area contributed by atoms with Crippen molar-refractivity contribution < 1.29 is 18.1 Å². The van der Waals surface area contributed by atoms with Crippen molar-refractivity contribution in [3.8, 4) is 16.9 Å². The summed E-state index contributed by atoms with van der Waals surface area (Å²) in [7, 11) is -2.71. The number of non-ortho nitro benzene ring substituents is 1. The van der Waals surface area contributed by atoms with Gasteiger partial charge in [0.05, 0.1) is 18.1 Å². The lowest BCUT2D eigenvalue weighted by molar-refractivity contribution is -0.385. The molecule has 0 unspecified atom stereocenters. The normalized spacial score (nSPS) is 12.2. The van der Waals surface area contributed by atoms with Crippen LogP contribution < -0.4 is 9.46 Å². The first kappa shape index (κ1) is 18.0. The Morgan fingerprint density at radius 1 is 1.00 bits per heavy atom. The van der Waals surface area contributed by atoms with E-state index in [9.17, 15) is 18.5 Å². The van der Waals surface area contributed by atoms with Crippen LogP contribution in [0, 0.1) is 10.1 Å². The Labute approximate surface area is 161 Å². The van der Waals surface area contributed by atoms with E-state index in [-0.39, 0.29) is 16.3 Å². The third-order valence-corrected chi connectivity index (χ3v) is 6.11. The van der Waals surface area contributed by atoms with E-state index in [0.717, 1.165) is 35.2 Å². The van der Waals surface area contributed by atoms with Crippen LogP contribution in [0.3, 0.4) is 0 Å². The minimum atomic E-state index is -3.98. The summed E-state index contributed by atoms with van der Waals surface area (Å²) in [4.78, 5) is 10.1. The van der Waals surface area contributed by atoms with Gasteiger partial charge in [0.1, 0.15) is 10.6 Å². The molecule has 0 saturated carbocycles. The summed E-state index contributed by atoms with van der Waals surface area (Å²) < 4.78 is 33.2. The number of nitrogens with zero attached hydrogens (tertiary/aromatic N) is 1. The molecule has 0 bridgehead atoms. The standard InChI is InChI=1S/C20H16N2O5S/c1-27-19-12-16(22(23)24)7-9-20(19)28(25,26)21-15-6-8-18-14(11-15)10-13-4-2-3-5-17(13)18/h2-9,11-12,21H,10H2,1H3. The number of anilines is 1. The van der Waals surface area contributed by atoms with Gasteiger partial charge in [-0.05, 0) is 46.9 Å². The molecule has 0 amide bonds. The monoisotopic (exact) mass is 396 g/mol. The number of nitrogens with one attached hydrogen (secondary N) is 1. The Kier molecular flexibility index (Phi) is 4.27. The highest BCUT2D eigenvalue weighted by molar-refractivity contribution is 7.92. The number of hydrogen-bond donors (Lipinski definition) is 1. The molecule has 3 aromatic rings. The van der Waals surface area contributed by atoms with Crippen molar-refractivity contribution in [1.82, 2.24) is 0 Å². The van der Waals surface area contributed by atoms with Crippen LogP contribution in [0.25, 0.3) is 11.1 Å². The molecular weight excluding hydrogens is 380 g/mol. The van der Waals surface area contributed by atoms with E-state index in [0.29, 0.717) is 5.69 Å². The zero-order chi connectivity index (χ0) is 19.9. The fraction of sp³-hybridized carbons (Fsp3) is 0.100. The van der Waals surface area contributed by atoms with Gasteiger partial charge in [0.25, 0.3) is 15.7 Å². The number of sulfonamides is 1. The van der Waals surface area contributed by atoms with E-state index in [4.69, 9.17) is 4.74 Å². The molecule has 0 fully saturated rings. The van der Waals surface area contributed by atoms with Gasteiger partial charge in [-0.3, -0.25) is 14.8 Å². The number of rotatable bonds is 5. The minimum absolute atomic E-state index is 0.0877. The molecule has 0 saturated heterocycles. The molecule has 0 heterocycles. The van der Waals surface area contributed by atoms with Crippen molar-refractivity contribution in [2.45, 2.75) is 11.3 Å². The number of fused-ring (bicyclic) bond motifs is 3. The Morgan fingerprint density at radius 3 is 2.50 bits per heavy atom. The van der Waals surface area contributed by atoms with Crippen molar-refractivity contribution in [2.24, 2.45) is 0 Å². The summed E-state index contributed by atoms with van der Waals surface area (Å²) in [5.41, 5.74) is 4.67. The lowest BCUT2D eigenvalue weighted by Gasteiger charge is -2.12. The largest absolute Gasteiger partial charge is 0.495 e. The average molecular weight is 396 g/mol. The lowest BCUT2D eigenvalue weighted by Crippen LogP contribution is -2.14. The first-order chi connectivity index (χ1) is 13.4. The van der Waals surface area contributed by atoms with Crippen molar-refractivity contribution in [1.29, 1.82) is 0 Å². The van der Waals surface area contributed by atoms with E-state index in [2.05, 4.69) is 10.8 Å². The van der Waals surface area contributed by atoms with E-state index in [1.54, 1.807) is 6.07 Å². The summed E-state index contributed by atoms with van der Waals surface area (Å²) in [6.07, 6.45) is 0.738. The molecular formula is C20H16N2O5S. The summed E-state index contributed by atoms with van der Waals surface area (Å²) in [5.74, 6) is -0.0877. The number of ether oxygens (including phenoxy) is 1. The quantitative estimate of drug-likeness (QED) is 0.406. The Morgan fingerprint density at radius 2 is 1.75 bits per heavy atom. The van der Waals surface area contributed by atoms with Gasteiger partial charge in [-0.2, -0.15) is 0 Å². The number of methoxy groups -OCH3 is 1. The molecule has 0 aromatic heterocycles. The topological polar surface area (TPSA) is 98.5 Å². The Hall–Kier alpha value is -3.39. The fourth-order valence-corrected chi connectivity index (χ4v) is 4.61. The van der Waals surface area contributed by atoms with Gasteiger partial charge >= 0.3 is 0 Å². The van der Waals surface area contributed by atoms with Crippen LogP contribution in [-0.2, 0) is 16.4 Å². The molecule has 1 N–H and O–H groups in total. The molecule has 0 spiro atoms. The summed E-state index contributed by atoms with van der Waals surface area (Å²) in [6, 6.07) is 16.9. The molecule has 0 atom stereocenters. The highest BCUT2D eigenvalue weighted by atomic mass is 32.2. The van der Waals surface area contributed by atoms with Crippen LogP contribution in [-0.4, -0.2) is 20.5 Å². The second kappa shape index (κ2) is 6.65. The van der Waals surface area contributed by atoms with Gasteiger partial charge in [-0.25, -0.2) is 8.42 Å². The van der Waals surface area contributed by atoms with Crippen LogP contribution >= 0.6 is 0 Å². The van der Waals surface area contributed by atoms with Gasteiger partial charge in [-0.15, -0.1) is 0 Å². The molecule has 0 aliphatic heterocycles. The highest BCUT2D eigenvalue weighted by Gasteiger charge is 2.24. The second-order valence-electron chi connectivity index (χ2n) is 6.40. The van der Waals surface area contributed by atoms with Crippen LogP contribution in [0.4, 0.5) is 11.4 Å². The Bertz CT molecular complexity index is 1200. The summed E-state index contributed by atoms with van der Waals surface area (Å²) in [6.45, 7) is 0. The van der Waals surface area contributed by atoms with Crippen molar-refractivity contribution in [3.05, 3.63) is 81.9 Å². The number of hydrogen-bond acceptors (Lipinski definition) is 5. The predicted molar refractivity (Wildman–Crippen MR) is 105 cm³/mol. The number of nitro benzene ring substituents is 1. The van der Waals surface area contributed by atoms with E-state index in [1.807, 2.05) is 30.3 Å². The van der Waals surface area contributed by atoms with Crippen LogP contribution in [0.2, 0.25) is 0 Å². The molecule has 142 valence electrons. The maximum atomic E-state index is 12.8. The SMILES string of the molecule is COc1cc([N+](=O)[O-])ccc1S(=O)(=O)Nc1ccc2c(c1)Cc1ccccc1-2. The zero-order valence-electron chi connectivity index (χ0n) is 14.9. The first-order valence-corrected chi connectivity index (χ1v) is 9.94. The van der Waals surface area contributed by atoms with Crippen LogP contribution in [0.5, 0.6) is 5.75 Å². The lowest BCUT2D eigenvalue weighted by atomic mass is 10.1. The summed E-state index contributed by atoms with van der Waals surface area (Å²) in [5, 5.41) is 10.9. The molecule has 1 aliphatic rings. The highest BCUT2D eigenvalue weighted by Crippen LogP contribution is 2.38. The molecule has 28 heavy (non-hydrogen) atoms. The van der Waals surface area contributed by atoms with E-state index >= 15 is 0 Å². The maximum absolute atomic E-state index is 12.8. The van der Waals surface area contributed by atoms with Gasteiger partial charge in [0.2, 0.25) is 0 Å². The van der Waals surface area contributed by atoms with Gasteiger partial charge < -0.3 is 4.74 Å². The number of nitro groups is 1. The van der Waals surface area contributed by atoms with E-state index in [1.165, 1.54) is 18.7 Å². The molecule has 3 aromatic carbocycles. The minimum Gasteiger partial charge on any atom is -0.495 e. The zero-order valence-corrected chi connectivity index (χ0v) is 15.7. The smallest absolute Gasteiger partial charge is 0.273 e. The van der Waals surface area contributed by atoms with Gasteiger partial charge in [0, 0.05) is 11.8 Å². The summed E-state index contributed by atoms with van der Waals surface area (Å²) >= 11 is 0. The Balaban J connectivity index is 1.66. The van der Waals surface area contributed by atoms with Crippen molar-refractivity contribution >= 4 is 21.4 Å². The van der Waals surface area contributed by atoms with E-state index < -0.39 is 14.9 Å². The second-order valence-corrected chi connectivity index (χ2v) is 8.05. The van der Waals surface area contributed by atoms with Crippen molar-refractivity contribution in [3.63, 3.8) is 0 Å². The predicted octanol–water partition coefficient (Wildman–Crippen LogP) is 3.98. The fourth-order valence-electron chi connectivity index (χ4n) is 3.41. The van der Waals surface area contributed by atoms with Crippen LogP contribution in [0.15, 0.2) is 65.6 Å². The first-order valence-electron chi connectivity index (χ1n) is 8.45. The number of benzene rings is 3. The van der Waals surface area contributed by atoms with Crippen LogP contribution in [0.1, 0.15) is 11.1 Å². The molecule has 8 heteroatoms. The molecule has 1 aliphatic carbocycles. The third kappa shape index (κ3) is 3.07. The van der Waals surface area contributed by atoms with Gasteiger partial charge in [-0.1, -0.05) is 30.3 Å². The molecule has 4 rings (SSSR count). The average Bonchev–Trinajstić information content (AvgIpc) is 3.04. The maximum Gasteiger partial charge on any atom is 0.273 e. The molecule has 7 nitrogen and oxygen atoms in total.